The molecule has 0 aromatic rings. The number of ether oxygens (including phenoxy) is 1. The van der Waals surface area contributed by atoms with E-state index in [-0.39, 0.29) is 12.1 Å². The average Bonchev–Trinajstić information content (AvgIpc) is 2.21. The molecule has 0 aromatic carbocycles. The number of halogens is 1. The largest absolute Gasteiger partial charge is 0.463 e. The molecule has 0 fully saturated rings. The molecule has 0 N–H and O–H groups in total. The van der Waals surface area contributed by atoms with Crippen LogP contribution in [0.15, 0.2) is 0 Å². The summed E-state index contributed by atoms with van der Waals surface area (Å²) in [5.41, 5.74) is 0. The summed E-state index contributed by atoms with van der Waals surface area (Å²) in [6.07, 6.45) is 10.2. The Hall–Kier alpha value is -0.0500. The fraction of sp³-hybridized carbons (Fsp3) is 0.923. The van der Waals surface area contributed by atoms with Crippen molar-refractivity contribution < 1.29 is 9.53 Å². The van der Waals surface area contributed by atoms with Gasteiger partial charge in [0.25, 0.3) is 0 Å². The van der Waals surface area contributed by atoms with Crippen LogP contribution in [0.1, 0.15) is 65.2 Å². The predicted molar refractivity (Wildman–Crippen MR) is 72.0 cm³/mol. The number of unbranched alkanes of at least 4 members (excludes halogenated alkanes) is 6. The van der Waals surface area contributed by atoms with Gasteiger partial charge in [-0.3, -0.25) is 4.79 Å². The topological polar surface area (TPSA) is 26.3 Å². The smallest absolute Gasteiger partial charge is 0.302 e. The van der Waals surface area contributed by atoms with Crippen molar-refractivity contribution in [1.82, 2.24) is 0 Å². The van der Waals surface area contributed by atoms with E-state index in [1.807, 2.05) is 6.92 Å². The van der Waals surface area contributed by atoms with E-state index in [0.717, 1.165) is 11.8 Å². The first-order valence-corrected chi connectivity index (χ1v) is 7.52. The third-order valence-corrected chi connectivity index (χ3v) is 3.17. The van der Waals surface area contributed by atoms with Crippen molar-refractivity contribution in [2.45, 2.75) is 71.3 Å². The third-order valence-electron chi connectivity index (χ3n) is 2.61. The molecule has 1 unspecified atom stereocenters. The van der Waals surface area contributed by atoms with E-state index in [1.54, 1.807) is 0 Å². The van der Waals surface area contributed by atoms with Gasteiger partial charge in [-0.2, -0.15) is 0 Å². The van der Waals surface area contributed by atoms with Crippen molar-refractivity contribution >= 4 is 21.9 Å². The van der Waals surface area contributed by atoms with Crippen molar-refractivity contribution in [2.24, 2.45) is 0 Å². The second-order valence-electron chi connectivity index (χ2n) is 4.37. The molecule has 0 aromatic heterocycles. The molecule has 0 saturated carbocycles. The van der Waals surface area contributed by atoms with E-state index in [4.69, 9.17) is 4.74 Å². The van der Waals surface area contributed by atoms with Crippen LogP contribution in [0.4, 0.5) is 0 Å². The molecule has 16 heavy (non-hydrogen) atoms. The summed E-state index contributed by atoms with van der Waals surface area (Å²) >= 11 is 3.44. The van der Waals surface area contributed by atoms with Crippen molar-refractivity contribution in [3.8, 4) is 0 Å². The van der Waals surface area contributed by atoms with Crippen molar-refractivity contribution in [2.75, 3.05) is 5.33 Å². The number of rotatable bonds is 10. The van der Waals surface area contributed by atoms with E-state index in [2.05, 4.69) is 15.9 Å². The van der Waals surface area contributed by atoms with Gasteiger partial charge in [-0.1, -0.05) is 48.0 Å². The Morgan fingerprint density at radius 1 is 1.06 bits per heavy atom. The van der Waals surface area contributed by atoms with Crippen LogP contribution in [0.5, 0.6) is 0 Å². The summed E-state index contributed by atoms with van der Waals surface area (Å²) in [6.45, 7) is 3.44. The second-order valence-corrected chi connectivity index (χ2v) is 5.17. The lowest BCUT2D eigenvalue weighted by Gasteiger charge is -2.11. The lowest BCUT2D eigenvalue weighted by atomic mass is 10.1. The van der Waals surface area contributed by atoms with Crippen LogP contribution >= 0.6 is 15.9 Å². The van der Waals surface area contributed by atoms with E-state index >= 15 is 0 Å². The summed E-state index contributed by atoms with van der Waals surface area (Å²) < 4.78 is 5.07. The van der Waals surface area contributed by atoms with E-state index < -0.39 is 0 Å². The number of carbonyl (C=O) groups excluding carboxylic acids is 1. The summed E-state index contributed by atoms with van der Waals surface area (Å²) in [7, 11) is 0. The number of hydrogen-bond acceptors (Lipinski definition) is 2. The van der Waals surface area contributed by atoms with Crippen molar-refractivity contribution in [1.29, 1.82) is 0 Å². The van der Waals surface area contributed by atoms with Crippen LogP contribution in [0, 0.1) is 0 Å². The van der Waals surface area contributed by atoms with Crippen molar-refractivity contribution in [3.63, 3.8) is 0 Å². The molecule has 0 aliphatic carbocycles. The number of alkyl halides is 1. The van der Waals surface area contributed by atoms with Gasteiger partial charge in [0.05, 0.1) is 6.10 Å². The molecule has 0 amide bonds. The van der Waals surface area contributed by atoms with Crippen LogP contribution < -0.4 is 0 Å². The SMILES string of the molecule is CC(=O)OC(C)CCCCCCCCCBr. The normalized spacial score (nSPS) is 12.4. The fourth-order valence-corrected chi connectivity index (χ4v) is 2.15. The molecule has 0 rings (SSSR count). The standard InChI is InChI=1S/C13H25BrO2/c1-12(16-13(2)15)10-8-6-4-3-5-7-9-11-14/h12H,3-11H2,1-2H3. The highest BCUT2D eigenvalue weighted by Gasteiger charge is 2.04. The van der Waals surface area contributed by atoms with Gasteiger partial charge in [0, 0.05) is 12.3 Å². The average molecular weight is 293 g/mol. The monoisotopic (exact) mass is 292 g/mol. The molecule has 0 saturated heterocycles. The first-order valence-electron chi connectivity index (χ1n) is 6.40. The summed E-state index contributed by atoms with van der Waals surface area (Å²) in [5.74, 6) is -0.165. The highest BCUT2D eigenvalue weighted by Crippen LogP contribution is 2.11. The minimum atomic E-state index is -0.165. The zero-order chi connectivity index (χ0) is 12.2. The van der Waals surface area contributed by atoms with Crippen LogP contribution in [0.3, 0.4) is 0 Å². The molecule has 3 heteroatoms. The van der Waals surface area contributed by atoms with Gasteiger partial charge in [-0.15, -0.1) is 0 Å². The van der Waals surface area contributed by atoms with Crippen LogP contribution in [0.2, 0.25) is 0 Å². The van der Waals surface area contributed by atoms with Crippen LogP contribution in [-0.2, 0) is 9.53 Å². The first-order chi connectivity index (χ1) is 7.66. The first kappa shape index (κ1) is 16.0. The maximum atomic E-state index is 10.7. The maximum Gasteiger partial charge on any atom is 0.302 e. The Morgan fingerprint density at radius 3 is 2.06 bits per heavy atom. The molecule has 1 atom stereocenters. The Labute approximate surface area is 108 Å². The Morgan fingerprint density at radius 2 is 1.56 bits per heavy atom. The number of carbonyl (C=O) groups is 1. The molecule has 96 valence electrons. The van der Waals surface area contributed by atoms with Gasteiger partial charge in [0.1, 0.15) is 0 Å². The zero-order valence-electron chi connectivity index (χ0n) is 10.6. The van der Waals surface area contributed by atoms with Gasteiger partial charge in [0.15, 0.2) is 0 Å². The Balaban J connectivity index is 3.11. The van der Waals surface area contributed by atoms with E-state index in [1.165, 1.54) is 51.9 Å². The third kappa shape index (κ3) is 12.0. The zero-order valence-corrected chi connectivity index (χ0v) is 12.2. The Kier molecular flexibility index (Phi) is 11.4. The lowest BCUT2D eigenvalue weighted by Crippen LogP contribution is -2.11. The van der Waals surface area contributed by atoms with Crippen LogP contribution in [0.25, 0.3) is 0 Å². The summed E-state index contributed by atoms with van der Waals surface area (Å²) in [4.78, 5) is 10.7. The fourth-order valence-electron chi connectivity index (χ4n) is 1.75. The molecule has 0 spiro atoms. The van der Waals surface area contributed by atoms with Gasteiger partial charge < -0.3 is 4.74 Å². The lowest BCUT2D eigenvalue weighted by molar-refractivity contribution is -0.145. The highest BCUT2D eigenvalue weighted by molar-refractivity contribution is 9.09. The van der Waals surface area contributed by atoms with Gasteiger partial charge in [0.2, 0.25) is 0 Å². The molecule has 0 aliphatic heterocycles. The minimum Gasteiger partial charge on any atom is -0.463 e. The van der Waals surface area contributed by atoms with Gasteiger partial charge in [-0.25, -0.2) is 0 Å². The molecular formula is C13H25BrO2. The molecule has 0 bridgehead atoms. The predicted octanol–water partition coefficient (Wildman–Crippen LogP) is 4.45. The van der Waals surface area contributed by atoms with Crippen LogP contribution in [-0.4, -0.2) is 17.4 Å². The number of hydrogen-bond donors (Lipinski definition) is 0. The molecular weight excluding hydrogens is 268 g/mol. The molecule has 0 radical (unpaired) electrons. The summed E-state index contributed by atoms with van der Waals surface area (Å²) in [6, 6.07) is 0. The van der Waals surface area contributed by atoms with E-state index in [0.29, 0.717) is 0 Å². The van der Waals surface area contributed by atoms with E-state index in [9.17, 15) is 4.79 Å². The second kappa shape index (κ2) is 11.4. The minimum absolute atomic E-state index is 0.0888. The van der Waals surface area contributed by atoms with Crippen molar-refractivity contribution in [3.05, 3.63) is 0 Å². The summed E-state index contributed by atoms with van der Waals surface area (Å²) in [5, 5.41) is 1.13. The molecule has 0 aliphatic rings. The Bertz CT molecular complexity index is 171. The maximum absolute atomic E-state index is 10.7. The highest BCUT2D eigenvalue weighted by atomic mass is 79.9. The quantitative estimate of drug-likeness (QED) is 0.338. The van der Waals surface area contributed by atoms with Gasteiger partial charge in [-0.05, 0) is 26.2 Å². The molecule has 2 nitrogen and oxygen atoms in total. The van der Waals surface area contributed by atoms with Gasteiger partial charge >= 0.3 is 5.97 Å². The molecule has 0 heterocycles. The number of esters is 1.